The Kier molecular flexibility index (Phi) is 2.87. The summed E-state index contributed by atoms with van der Waals surface area (Å²) in [6, 6.07) is 2.86. The molecule has 0 saturated heterocycles. The minimum Gasteiger partial charge on any atom is -0.330 e. The van der Waals surface area contributed by atoms with Gasteiger partial charge >= 0.3 is 6.18 Å². The minimum absolute atomic E-state index is 0.150. The second-order valence-electron chi connectivity index (χ2n) is 2.55. The monoisotopic (exact) mass is 190 g/mol. The first kappa shape index (κ1) is 9.98. The van der Waals surface area contributed by atoms with Crippen molar-refractivity contribution in [3.8, 4) is 0 Å². The molecule has 0 saturated carbocycles. The van der Waals surface area contributed by atoms with E-state index in [1.807, 2.05) is 0 Å². The fraction of sp³-hybridized carbons (Fsp3) is 0.375. The van der Waals surface area contributed by atoms with Gasteiger partial charge in [0.25, 0.3) is 0 Å². The van der Waals surface area contributed by atoms with Crippen LogP contribution >= 0.6 is 0 Å². The Morgan fingerprint density at radius 1 is 1.38 bits per heavy atom. The maximum absolute atomic E-state index is 12.3. The lowest BCUT2D eigenvalue weighted by Gasteiger charge is -2.09. The van der Waals surface area contributed by atoms with Crippen molar-refractivity contribution in [1.82, 2.24) is 4.98 Å². The number of aromatic nitrogens is 1. The quantitative estimate of drug-likeness (QED) is 0.769. The number of pyridine rings is 1. The third-order valence-electron chi connectivity index (χ3n) is 1.57. The van der Waals surface area contributed by atoms with E-state index in [0.29, 0.717) is 0 Å². The highest BCUT2D eigenvalue weighted by Gasteiger charge is 2.34. The molecule has 0 aliphatic carbocycles. The Labute approximate surface area is 73.6 Å². The molecule has 2 N–H and O–H groups in total. The fourth-order valence-corrected chi connectivity index (χ4v) is 1.05. The Morgan fingerprint density at radius 2 is 2.08 bits per heavy atom. The molecule has 0 bridgehead atoms. The van der Waals surface area contributed by atoms with Crippen LogP contribution in [0.15, 0.2) is 18.3 Å². The highest BCUT2D eigenvalue weighted by atomic mass is 19.4. The lowest BCUT2D eigenvalue weighted by atomic mass is 10.1. The topological polar surface area (TPSA) is 38.9 Å². The highest BCUT2D eigenvalue weighted by Crippen LogP contribution is 2.29. The molecule has 0 unspecified atom stereocenters. The van der Waals surface area contributed by atoms with Crippen LogP contribution in [0, 0.1) is 0 Å². The predicted molar refractivity (Wildman–Crippen MR) is 42.0 cm³/mol. The third kappa shape index (κ3) is 2.42. The molecule has 1 aromatic rings. The molecular weight excluding hydrogens is 181 g/mol. The molecule has 1 heterocycles. The van der Waals surface area contributed by atoms with Crippen LogP contribution < -0.4 is 5.73 Å². The standard InChI is InChI=1S/C8H9F3N2/c9-8(10,11)7-6(3-4-12)2-1-5-13-7/h1-2,5H,3-4,12H2. The van der Waals surface area contributed by atoms with Gasteiger partial charge in [0, 0.05) is 6.20 Å². The molecule has 1 rings (SSSR count). The summed E-state index contributed by atoms with van der Waals surface area (Å²) in [6.07, 6.45) is -3.06. The molecule has 0 aliphatic rings. The summed E-state index contributed by atoms with van der Waals surface area (Å²) in [5, 5.41) is 0. The van der Waals surface area contributed by atoms with Gasteiger partial charge in [0.15, 0.2) is 0 Å². The van der Waals surface area contributed by atoms with Crippen molar-refractivity contribution >= 4 is 0 Å². The lowest BCUT2D eigenvalue weighted by Crippen LogP contribution is -2.14. The van der Waals surface area contributed by atoms with Crippen molar-refractivity contribution in [2.24, 2.45) is 5.73 Å². The van der Waals surface area contributed by atoms with Gasteiger partial charge < -0.3 is 5.73 Å². The molecule has 72 valence electrons. The van der Waals surface area contributed by atoms with Crippen molar-refractivity contribution in [2.45, 2.75) is 12.6 Å². The van der Waals surface area contributed by atoms with Gasteiger partial charge in [-0.15, -0.1) is 0 Å². The molecule has 0 spiro atoms. The molecule has 1 aromatic heterocycles. The highest BCUT2D eigenvalue weighted by molar-refractivity contribution is 5.22. The second-order valence-corrected chi connectivity index (χ2v) is 2.55. The molecule has 2 nitrogen and oxygen atoms in total. The summed E-state index contributed by atoms with van der Waals surface area (Å²) in [7, 11) is 0. The number of hydrogen-bond acceptors (Lipinski definition) is 2. The molecule has 0 aromatic carbocycles. The van der Waals surface area contributed by atoms with Gasteiger partial charge in [-0.05, 0) is 24.6 Å². The van der Waals surface area contributed by atoms with Crippen molar-refractivity contribution in [2.75, 3.05) is 6.54 Å². The van der Waals surface area contributed by atoms with Gasteiger partial charge in [0.05, 0.1) is 0 Å². The summed E-state index contributed by atoms with van der Waals surface area (Å²) in [6.45, 7) is 0.189. The predicted octanol–water partition coefficient (Wildman–Crippen LogP) is 1.60. The van der Waals surface area contributed by atoms with E-state index in [4.69, 9.17) is 5.73 Å². The maximum atomic E-state index is 12.3. The van der Waals surface area contributed by atoms with E-state index in [0.717, 1.165) is 6.20 Å². The first-order valence-corrected chi connectivity index (χ1v) is 3.77. The average Bonchev–Trinajstić information content (AvgIpc) is 2.04. The van der Waals surface area contributed by atoms with E-state index in [1.165, 1.54) is 12.1 Å². The summed E-state index contributed by atoms with van der Waals surface area (Å²) in [5.74, 6) is 0. The SMILES string of the molecule is NCCc1cccnc1C(F)(F)F. The molecule has 5 heteroatoms. The molecule has 13 heavy (non-hydrogen) atoms. The largest absolute Gasteiger partial charge is 0.433 e. The van der Waals surface area contributed by atoms with Crippen LogP contribution in [-0.4, -0.2) is 11.5 Å². The minimum atomic E-state index is -4.38. The van der Waals surface area contributed by atoms with Crippen molar-refractivity contribution in [3.63, 3.8) is 0 Å². The Balaban J connectivity index is 3.05. The summed E-state index contributed by atoms with van der Waals surface area (Å²) >= 11 is 0. The Bertz CT molecular complexity index is 283. The molecule has 0 atom stereocenters. The summed E-state index contributed by atoms with van der Waals surface area (Å²) < 4.78 is 36.8. The van der Waals surface area contributed by atoms with Crippen LogP contribution in [0.25, 0.3) is 0 Å². The van der Waals surface area contributed by atoms with Crippen molar-refractivity contribution in [3.05, 3.63) is 29.6 Å². The van der Waals surface area contributed by atoms with Crippen LogP contribution in [0.2, 0.25) is 0 Å². The van der Waals surface area contributed by atoms with Crippen molar-refractivity contribution in [1.29, 1.82) is 0 Å². The third-order valence-corrected chi connectivity index (χ3v) is 1.57. The van der Waals surface area contributed by atoms with Crippen LogP contribution in [0.4, 0.5) is 13.2 Å². The molecular formula is C8H9F3N2. The molecule has 0 fully saturated rings. The summed E-state index contributed by atoms with van der Waals surface area (Å²) in [5.41, 5.74) is 4.50. The normalized spacial score (nSPS) is 11.7. The van der Waals surface area contributed by atoms with Crippen LogP contribution in [0.3, 0.4) is 0 Å². The zero-order chi connectivity index (χ0) is 9.90. The van der Waals surface area contributed by atoms with Gasteiger partial charge in [0.1, 0.15) is 5.69 Å². The molecule has 0 radical (unpaired) electrons. The molecule has 0 amide bonds. The van der Waals surface area contributed by atoms with Crippen LogP contribution in [-0.2, 0) is 12.6 Å². The Hall–Kier alpha value is -1.10. The number of nitrogens with two attached hydrogens (primary N) is 1. The van der Waals surface area contributed by atoms with Crippen LogP contribution in [0.1, 0.15) is 11.3 Å². The number of halogens is 3. The van der Waals surface area contributed by atoms with E-state index in [1.54, 1.807) is 0 Å². The number of nitrogens with zero attached hydrogens (tertiary/aromatic N) is 1. The van der Waals surface area contributed by atoms with E-state index in [-0.39, 0.29) is 18.5 Å². The van der Waals surface area contributed by atoms with Crippen LogP contribution in [0.5, 0.6) is 0 Å². The van der Waals surface area contributed by atoms with Gasteiger partial charge in [-0.25, -0.2) is 0 Å². The van der Waals surface area contributed by atoms with Crippen molar-refractivity contribution < 1.29 is 13.2 Å². The number of hydrogen-bond donors (Lipinski definition) is 1. The average molecular weight is 190 g/mol. The number of alkyl halides is 3. The van der Waals surface area contributed by atoms with Gasteiger partial charge in [-0.3, -0.25) is 4.98 Å². The van der Waals surface area contributed by atoms with E-state index in [2.05, 4.69) is 4.98 Å². The van der Waals surface area contributed by atoms with Gasteiger partial charge in [-0.1, -0.05) is 6.07 Å². The number of rotatable bonds is 2. The zero-order valence-electron chi connectivity index (χ0n) is 6.80. The summed E-state index contributed by atoms with van der Waals surface area (Å²) in [4.78, 5) is 3.29. The molecule has 0 aliphatic heterocycles. The fourth-order valence-electron chi connectivity index (χ4n) is 1.05. The van der Waals surface area contributed by atoms with E-state index >= 15 is 0 Å². The Morgan fingerprint density at radius 3 is 2.62 bits per heavy atom. The van der Waals surface area contributed by atoms with E-state index in [9.17, 15) is 13.2 Å². The second kappa shape index (κ2) is 3.74. The maximum Gasteiger partial charge on any atom is 0.433 e. The smallest absolute Gasteiger partial charge is 0.330 e. The van der Waals surface area contributed by atoms with E-state index < -0.39 is 11.9 Å². The van der Waals surface area contributed by atoms with Gasteiger partial charge in [0.2, 0.25) is 0 Å². The first-order chi connectivity index (χ1) is 6.05. The zero-order valence-corrected chi connectivity index (χ0v) is 6.80. The lowest BCUT2D eigenvalue weighted by molar-refractivity contribution is -0.141. The first-order valence-electron chi connectivity index (χ1n) is 3.77. The van der Waals surface area contributed by atoms with Gasteiger partial charge in [-0.2, -0.15) is 13.2 Å².